The number of aromatic nitrogens is 4. The SMILES string of the molecule is CC(C(=O)O)n1nnnc1C1CCCCS1(=O)=O. The topological polar surface area (TPSA) is 115 Å². The van der Waals surface area contributed by atoms with E-state index in [0.29, 0.717) is 12.8 Å². The zero-order chi connectivity index (χ0) is 13.3. The summed E-state index contributed by atoms with van der Waals surface area (Å²) in [7, 11) is -3.28. The number of carboxylic acids is 1. The molecule has 1 aromatic heterocycles. The van der Waals surface area contributed by atoms with Gasteiger partial charge >= 0.3 is 5.97 Å². The second-order valence-electron chi connectivity index (χ2n) is 4.35. The number of sulfone groups is 1. The normalized spacial score (nSPS) is 24.6. The van der Waals surface area contributed by atoms with Gasteiger partial charge in [0, 0.05) is 0 Å². The van der Waals surface area contributed by atoms with Gasteiger partial charge in [-0.3, -0.25) is 0 Å². The quantitative estimate of drug-likeness (QED) is 0.822. The van der Waals surface area contributed by atoms with E-state index in [0.717, 1.165) is 11.1 Å². The number of aliphatic carboxylic acids is 1. The van der Waals surface area contributed by atoms with Crippen LogP contribution in [-0.2, 0) is 14.6 Å². The predicted octanol–water partition coefficient (Wildman–Crippen LogP) is -0.0415. The van der Waals surface area contributed by atoms with Crippen molar-refractivity contribution in [3.05, 3.63) is 5.82 Å². The van der Waals surface area contributed by atoms with Crippen LogP contribution < -0.4 is 0 Å². The highest BCUT2D eigenvalue weighted by atomic mass is 32.2. The Morgan fingerprint density at radius 2 is 2.22 bits per heavy atom. The van der Waals surface area contributed by atoms with E-state index in [9.17, 15) is 13.2 Å². The summed E-state index contributed by atoms with van der Waals surface area (Å²) in [5.74, 6) is -0.868. The number of hydrogen-bond acceptors (Lipinski definition) is 6. The maximum absolute atomic E-state index is 12.0. The Hall–Kier alpha value is -1.51. The average molecular weight is 274 g/mol. The summed E-state index contributed by atoms with van der Waals surface area (Å²) in [4.78, 5) is 10.9. The fraction of sp³-hybridized carbons (Fsp3) is 0.778. The molecule has 0 aliphatic carbocycles. The van der Waals surface area contributed by atoms with Crippen molar-refractivity contribution in [3.8, 4) is 0 Å². The van der Waals surface area contributed by atoms with Crippen molar-refractivity contribution < 1.29 is 18.3 Å². The fourth-order valence-corrected chi connectivity index (χ4v) is 3.93. The Labute approximate surface area is 104 Å². The first-order chi connectivity index (χ1) is 8.43. The maximum atomic E-state index is 12.0. The van der Waals surface area contributed by atoms with Gasteiger partial charge in [0.1, 0.15) is 11.3 Å². The number of tetrazole rings is 1. The summed E-state index contributed by atoms with van der Waals surface area (Å²) < 4.78 is 25.0. The zero-order valence-corrected chi connectivity index (χ0v) is 10.7. The Balaban J connectivity index is 2.40. The lowest BCUT2D eigenvalue weighted by Crippen LogP contribution is -2.27. The molecular weight excluding hydrogens is 260 g/mol. The van der Waals surface area contributed by atoms with Gasteiger partial charge in [-0.05, 0) is 30.2 Å². The minimum absolute atomic E-state index is 0.103. The summed E-state index contributed by atoms with van der Waals surface area (Å²) in [6.45, 7) is 1.41. The molecule has 1 aliphatic heterocycles. The number of carbonyl (C=O) groups is 1. The molecule has 100 valence electrons. The third kappa shape index (κ3) is 2.22. The van der Waals surface area contributed by atoms with Crippen LogP contribution in [-0.4, -0.2) is 45.5 Å². The molecule has 0 radical (unpaired) electrons. The lowest BCUT2D eigenvalue weighted by atomic mass is 10.2. The average Bonchev–Trinajstić information content (AvgIpc) is 2.75. The van der Waals surface area contributed by atoms with Crippen molar-refractivity contribution in [2.75, 3.05) is 5.75 Å². The zero-order valence-electron chi connectivity index (χ0n) is 9.85. The van der Waals surface area contributed by atoms with Gasteiger partial charge in [0.25, 0.3) is 0 Å². The first-order valence-corrected chi connectivity index (χ1v) is 7.37. The molecule has 1 aromatic rings. The van der Waals surface area contributed by atoms with Crippen molar-refractivity contribution in [2.24, 2.45) is 0 Å². The molecule has 1 N–H and O–H groups in total. The maximum Gasteiger partial charge on any atom is 0.328 e. The molecule has 2 rings (SSSR count). The molecule has 0 bridgehead atoms. The fourth-order valence-electron chi connectivity index (χ4n) is 2.04. The summed E-state index contributed by atoms with van der Waals surface area (Å²) in [5.41, 5.74) is 0. The minimum Gasteiger partial charge on any atom is -0.480 e. The van der Waals surface area contributed by atoms with E-state index >= 15 is 0 Å². The number of nitrogens with zero attached hydrogens (tertiary/aromatic N) is 4. The van der Waals surface area contributed by atoms with Crippen LogP contribution in [0.5, 0.6) is 0 Å². The van der Waals surface area contributed by atoms with Crippen LogP contribution in [0.4, 0.5) is 0 Å². The third-order valence-electron chi connectivity index (χ3n) is 3.11. The van der Waals surface area contributed by atoms with Crippen LogP contribution in [0.25, 0.3) is 0 Å². The standard InChI is InChI=1S/C9H14N4O4S/c1-6(9(14)15)13-8(10-11-12-13)7-4-2-3-5-18(7,16)17/h6-7H,2-5H2,1H3,(H,14,15). The molecule has 0 amide bonds. The Kier molecular flexibility index (Phi) is 3.33. The summed E-state index contributed by atoms with van der Waals surface area (Å²) in [6, 6.07) is -0.980. The van der Waals surface area contributed by atoms with Gasteiger partial charge in [-0.25, -0.2) is 17.9 Å². The molecule has 1 saturated heterocycles. The van der Waals surface area contributed by atoms with Crippen molar-refractivity contribution in [1.29, 1.82) is 0 Å². The highest BCUT2D eigenvalue weighted by Crippen LogP contribution is 2.32. The van der Waals surface area contributed by atoms with Gasteiger partial charge in [-0.1, -0.05) is 6.42 Å². The van der Waals surface area contributed by atoms with Gasteiger partial charge < -0.3 is 5.11 Å². The van der Waals surface area contributed by atoms with Crippen LogP contribution in [0.1, 0.15) is 43.3 Å². The van der Waals surface area contributed by atoms with Gasteiger partial charge in [0.15, 0.2) is 15.7 Å². The molecule has 0 saturated carbocycles. The van der Waals surface area contributed by atoms with Crippen LogP contribution in [0.3, 0.4) is 0 Å². The van der Waals surface area contributed by atoms with Gasteiger partial charge in [0.2, 0.25) is 0 Å². The van der Waals surface area contributed by atoms with Crippen molar-refractivity contribution in [3.63, 3.8) is 0 Å². The van der Waals surface area contributed by atoms with E-state index in [4.69, 9.17) is 5.11 Å². The molecule has 1 fully saturated rings. The second-order valence-corrected chi connectivity index (χ2v) is 6.65. The van der Waals surface area contributed by atoms with Gasteiger partial charge in [-0.2, -0.15) is 0 Å². The molecule has 0 aromatic carbocycles. The lowest BCUT2D eigenvalue weighted by Gasteiger charge is -2.22. The summed E-state index contributed by atoms with van der Waals surface area (Å²) in [6.07, 6.45) is 1.85. The highest BCUT2D eigenvalue weighted by Gasteiger charge is 2.36. The van der Waals surface area contributed by atoms with Crippen LogP contribution in [0.15, 0.2) is 0 Å². The van der Waals surface area contributed by atoms with E-state index in [-0.39, 0.29) is 11.6 Å². The van der Waals surface area contributed by atoms with Gasteiger partial charge in [0.05, 0.1) is 5.75 Å². The molecule has 2 unspecified atom stereocenters. The third-order valence-corrected chi connectivity index (χ3v) is 5.28. The number of rotatable bonds is 3. The smallest absolute Gasteiger partial charge is 0.328 e. The monoisotopic (exact) mass is 274 g/mol. The Morgan fingerprint density at radius 3 is 2.83 bits per heavy atom. The highest BCUT2D eigenvalue weighted by molar-refractivity contribution is 7.91. The molecule has 2 heterocycles. The lowest BCUT2D eigenvalue weighted by molar-refractivity contribution is -0.140. The van der Waals surface area contributed by atoms with Crippen LogP contribution >= 0.6 is 0 Å². The van der Waals surface area contributed by atoms with Crippen LogP contribution in [0, 0.1) is 0 Å². The van der Waals surface area contributed by atoms with E-state index in [1.165, 1.54) is 6.92 Å². The molecule has 9 heteroatoms. The molecule has 0 spiro atoms. The van der Waals surface area contributed by atoms with Crippen LogP contribution in [0.2, 0.25) is 0 Å². The molecule has 2 atom stereocenters. The largest absolute Gasteiger partial charge is 0.480 e. The number of hydrogen-bond donors (Lipinski definition) is 1. The Morgan fingerprint density at radius 1 is 1.50 bits per heavy atom. The number of carboxylic acid groups (broad SMARTS) is 1. The van der Waals surface area contributed by atoms with E-state index in [2.05, 4.69) is 15.5 Å². The molecular formula is C9H14N4O4S. The second kappa shape index (κ2) is 4.63. The van der Waals surface area contributed by atoms with E-state index < -0.39 is 27.1 Å². The van der Waals surface area contributed by atoms with Crippen molar-refractivity contribution in [1.82, 2.24) is 20.2 Å². The Bertz CT molecular complexity index is 553. The van der Waals surface area contributed by atoms with Crippen molar-refractivity contribution >= 4 is 15.8 Å². The van der Waals surface area contributed by atoms with Gasteiger partial charge in [-0.15, -0.1) is 5.10 Å². The summed E-state index contributed by atoms with van der Waals surface area (Å²) >= 11 is 0. The van der Waals surface area contributed by atoms with Crippen molar-refractivity contribution in [2.45, 2.75) is 37.5 Å². The van der Waals surface area contributed by atoms with E-state index in [1.807, 2.05) is 0 Å². The molecule has 1 aliphatic rings. The first-order valence-electron chi connectivity index (χ1n) is 5.65. The summed E-state index contributed by atoms with van der Waals surface area (Å²) in [5, 5.41) is 18.8. The predicted molar refractivity (Wildman–Crippen MR) is 60.5 cm³/mol. The first kappa shape index (κ1) is 12.9. The molecule has 8 nitrogen and oxygen atoms in total. The van der Waals surface area contributed by atoms with E-state index in [1.54, 1.807) is 0 Å². The molecule has 18 heavy (non-hydrogen) atoms. The minimum atomic E-state index is -3.28.